The van der Waals surface area contributed by atoms with E-state index >= 15 is 0 Å². The summed E-state index contributed by atoms with van der Waals surface area (Å²) in [5.41, 5.74) is 27.4. The molecule has 582 valence electrons. The Bertz CT molecular complexity index is 6710. The molecule has 1 saturated heterocycles. The predicted molar refractivity (Wildman–Crippen MR) is 491 cm³/mol. The molecule has 5 aliphatic rings. The minimum Gasteiger partial charge on any atom is -0.457 e. The van der Waals surface area contributed by atoms with Crippen molar-refractivity contribution in [2.45, 2.75) is 49.7 Å². The van der Waals surface area contributed by atoms with E-state index in [1.54, 1.807) is 0 Å². The Kier molecular flexibility index (Phi) is 18.8. The van der Waals surface area contributed by atoms with E-state index < -0.39 is 29.2 Å². The number of nitrogens with zero attached hydrogens (tertiary/aromatic N) is 6. The van der Waals surface area contributed by atoms with Crippen molar-refractivity contribution in [3.8, 4) is 147 Å². The van der Waals surface area contributed by atoms with Crippen LogP contribution in [-0.4, -0.2) is 48.2 Å². The van der Waals surface area contributed by atoms with Crippen LogP contribution < -0.4 is 14.9 Å². The Morgan fingerprint density at radius 1 is 0.213 bits per heavy atom. The molecule has 122 heavy (non-hydrogen) atoms. The van der Waals surface area contributed by atoms with Crippen molar-refractivity contribution in [3.63, 3.8) is 0 Å². The van der Waals surface area contributed by atoms with Crippen LogP contribution in [0.2, 0.25) is 5.28 Å². The van der Waals surface area contributed by atoms with Crippen LogP contribution in [0, 0.1) is 0 Å². The van der Waals surface area contributed by atoms with E-state index in [1.165, 1.54) is 55.6 Å². The maximum Gasteiger partial charge on any atom is 0.494 e. The zero-order valence-electron chi connectivity index (χ0n) is 67.4. The van der Waals surface area contributed by atoms with Gasteiger partial charge in [-0.05, 0) is 170 Å². The van der Waals surface area contributed by atoms with Crippen LogP contribution in [0.3, 0.4) is 0 Å². The van der Waals surface area contributed by atoms with Gasteiger partial charge in [-0.3, -0.25) is 0 Å². The monoisotopic (exact) mass is 1590 g/mol. The van der Waals surface area contributed by atoms with Gasteiger partial charge in [0.05, 0.1) is 22.0 Å². The van der Waals surface area contributed by atoms with Crippen molar-refractivity contribution in [1.29, 1.82) is 0 Å². The molecule has 0 N–H and O–H groups in total. The smallest absolute Gasteiger partial charge is 0.457 e. The minimum absolute atomic E-state index is 0.180. The molecule has 23 rings (SSSR count). The second kappa shape index (κ2) is 30.7. The van der Waals surface area contributed by atoms with Gasteiger partial charge in [0.15, 0.2) is 29.1 Å². The molecular weight excluding hydrogens is 1520 g/mol. The maximum atomic E-state index is 6.71. The van der Waals surface area contributed by atoms with Crippen LogP contribution in [0.4, 0.5) is 0 Å². The zero-order chi connectivity index (χ0) is 82.1. The lowest BCUT2D eigenvalue weighted by atomic mass is 9.64. The van der Waals surface area contributed by atoms with Gasteiger partial charge in [0.1, 0.15) is 23.0 Å². The lowest BCUT2D eigenvalue weighted by molar-refractivity contribution is 0.00578. The number of halogens is 1. The van der Waals surface area contributed by atoms with Gasteiger partial charge in [-0.2, -0.15) is 9.97 Å². The minimum atomic E-state index is -0.591. The molecule has 3 aliphatic heterocycles. The van der Waals surface area contributed by atoms with E-state index in [9.17, 15) is 0 Å². The quantitative estimate of drug-likeness (QED) is 0.123. The van der Waals surface area contributed by atoms with Crippen LogP contribution >= 0.6 is 11.6 Å². The molecule has 1 fully saturated rings. The van der Waals surface area contributed by atoms with E-state index in [1.807, 2.05) is 84.9 Å². The van der Waals surface area contributed by atoms with Gasteiger partial charge in [0, 0.05) is 50.1 Å². The highest BCUT2D eigenvalue weighted by molar-refractivity contribution is 6.62. The number of aromatic nitrogens is 6. The van der Waals surface area contributed by atoms with Gasteiger partial charge in [0.2, 0.25) is 5.28 Å². The summed E-state index contributed by atoms with van der Waals surface area (Å²) in [6.45, 7) is 8.37. The van der Waals surface area contributed by atoms with Crippen molar-refractivity contribution < 1.29 is 18.8 Å². The van der Waals surface area contributed by atoms with Crippen molar-refractivity contribution in [2.75, 3.05) is 0 Å². The summed E-state index contributed by atoms with van der Waals surface area (Å²) < 4.78 is 26.1. The first-order valence-corrected chi connectivity index (χ1v) is 41.6. The molecule has 10 nitrogen and oxygen atoms in total. The SMILES string of the molecule is CC1(C)OB(c2ccc3c(c2)C2(c4ccccc4O3)c3ccccc3-c3ccccc32)OC1(C)C.Clc1nc(-c2ccc(-c3ccccc3)cc2)nc(-c2ccc(-c3ccccc3)cc2)n1.c1ccc(-c2ccc(-c3nc(-c4ccc(-c5ccccc5)cc4)nc(-c4ccc5c(c4)C4(c6ccccc6O5)c5ccccc5-c5ccccc54)n3)cc2)cc1. The van der Waals surface area contributed by atoms with Crippen LogP contribution in [0.25, 0.3) is 124 Å². The molecule has 0 amide bonds. The lowest BCUT2D eigenvalue weighted by Crippen LogP contribution is -2.41. The van der Waals surface area contributed by atoms with E-state index in [0.29, 0.717) is 29.1 Å². The first-order valence-electron chi connectivity index (χ1n) is 41.2. The molecule has 0 radical (unpaired) electrons. The highest BCUT2D eigenvalue weighted by Gasteiger charge is 2.55. The second-order valence-electron chi connectivity index (χ2n) is 32.3. The fourth-order valence-corrected chi connectivity index (χ4v) is 18.3. The predicted octanol–water partition coefficient (Wildman–Crippen LogP) is 26.3. The molecular formula is C110H78BClN6O4. The van der Waals surface area contributed by atoms with Gasteiger partial charge < -0.3 is 18.8 Å². The molecule has 2 aliphatic carbocycles. The number of hydrogen-bond acceptors (Lipinski definition) is 10. The third-order valence-corrected chi connectivity index (χ3v) is 24.9. The number of benzene rings is 16. The molecule has 2 spiro atoms. The topological polar surface area (TPSA) is 114 Å². The summed E-state index contributed by atoms with van der Waals surface area (Å²) >= 11 is 6.24. The number of ether oxygens (including phenoxy) is 2. The second-order valence-corrected chi connectivity index (χ2v) is 32.6. The maximum absolute atomic E-state index is 6.71. The van der Waals surface area contributed by atoms with E-state index in [-0.39, 0.29) is 5.28 Å². The van der Waals surface area contributed by atoms with Crippen LogP contribution in [-0.2, 0) is 20.1 Å². The molecule has 18 aromatic rings. The first kappa shape index (κ1) is 74.9. The van der Waals surface area contributed by atoms with Crippen LogP contribution in [0.15, 0.2) is 400 Å². The summed E-state index contributed by atoms with van der Waals surface area (Å²) in [5, 5.41) is 0.180. The van der Waals surface area contributed by atoms with Gasteiger partial charge in [0.25, 0.3) is 0 Å². The van der Waals surface area contributed by atoms with Crippen molar-refractivity contribution in [1.82, 2.24) is 29.9 Å². The molecule has 16 aromatic carbocycles. The molecule has 0 atom stereocenters. The molecule has 0 saturated carbocycles. The molecule has 0 unspecified atom stereocenters. The summed E-state index contributed by atoms with van der Waals surface area (Å²) in [6, 6.07) is 139. The summed E-state index contributed by atoms with van der Waals surface area (Å²) in [6.07, 6.45) is 0. The fourth-order valence-electron chi connectivity index (χ4n) is 18.1. The standard InChI is InChI=1S/C52H33N3O.C31H27BO3.C27H18ClN3/c1-3-13-34(14-4-1)36-23-27-38(28-24-36)49-53-50(39-29-25-37(26-30-39)35-15-5-2-6-16-35)55-51(54-49)40-31-32-48-46(33-40)52(45-21-11-12-22-47(45)56-48)43-19-9-7-17-41(43)42-18-8-10-20-44(42)52;1-29(2)30(3,4)35-32(34-29)20-17-18-28-26(19-20)31(25-15-9-10-16-27(25)33-28)23-13-7-5-11-21(23)22-12-6-8-14-24(22)31;28-27-30-25(23-15-11-21(12-16-23)19-7-3-1-4-8-19)29-26(31-27)24-17-13-22(14-18-24)20-9-5-2-6-10-20/h1-33H;5-19H,1-4H3;1-18H. The number of hydrogen-bond donors (Lipinski definition) is 0. The normalized spacial score (nSPS) is 14.3. The Morgan fingerprint density at radius 2 is 0.451 bits per heavy atom. The molecule has 5 heterocycles. The lowest BCUT2D eigenvalue weighted by Gasteiger charge is -2.39. The zero-order valence-corrected chi connectivity index (χ0v) is 68.1. The average Bonchev–Trinajstić information content (AvgIpc) is 1.51. The Balaban J connectivity index is 0.000000120. The summed E-state index contributed by atoms with van der Waals surface area (Å²) in [5.74, 6) is 6.39. The Hall–Kier alpha value is -14.6. The highest BCUT2D eigenvalue weighted by atomic mass is 35.5. The highest BCUT2D eigenvalue weighted by Crippen LogP contribution is 2.64. The molecule has 0 bridgehead atoms. The van der Waals surface area contributed by atoms with Gasteiger partial charge in [-0.25, -0.2) is 19.9 Å². The molecule has 12 heteroatoms. The number of rotatable bonds is 10. The third kappa shape index (κ3) is 13.1. The van der Waals surface area contributed by atoms with E-state index in [4.69, 9.17) is 45.3 Å². The summed E-state index contributed by atoms with van der Waals surface area (Å²) in [4.78, 5) is 28.9. The number of fused-ring (bicyclic) bond motifs is 18. The Labute approximate surface area is 714 Å². The van der Waals surface area contributed by atoms with E-state index in [0.717, 1.165) is 112 Å². The van der Waals surface area contributed by atoms with Gasteiger partial charge in [-0.15, -0.1) is 0 Å². The van der Waals surface area contributed by atoms with Crippen molar-refractivity contribution in [2.24, 2.45) is 0 Å². The van der Waals surface area contributed by atoms with Crippen LogP contribution in [0.1, 0.15) is 72.2 Å². The van der Waals surface area contributed by atoms with Gasteiger partial charge >= 0.3 is 7.12 Å². The molecule has 2 aromatic heterocycles. The van der Waals surface area contributed by atoms with Crippen molar-refractivity contribution in [3.05, 3.63) is 450 Å². The average molecular weight is 1590 g/mol. The summed E-state index contributed by atoms with van der Waals surface area (Å²) in [7, 11) is -0.439. The number of para-hydroxylation sites is 2. The van der Waals surface area contributed by atoms with Gasteiger partial charge in [-0.1, -0.05) is 364 Å². The third-order valence-electron chi connectivity index (χ3n) is 24.7. The largest absolute Gasteiger partial charge is 0.494 e. The first-order chi connectivity index (χ1) is 59.8. The Morgan fingerprint density at radius 3 is 0.787 bits per heavy atom. The fraction of sp³-hybridized carbons (Fsp3) is 0.0727. The van der Waals surface area contributed by atoms with Crippen LogP contribution in [0.5, 0.6) is 23.0 Å². The van der Waals surface area contributed by atoms with Crippen molar-refractivity contribution >= 4 is 24.2 Å². The van der Waals surface area contributed by atoms with E-state index in [2.05, 4.69) is 358 Å².